The Morgan fingerprint density at radius 2 is 2.15 bits per heavy atom. The molecule has 4 heteroatoms. The molecule has 0 saturated carbocycles. The van der Waals surface area contributed by atoms with E-state index in [4.69, 9.17) is 0 Å². The van der Waals surface area contributed by atoms with Gasteiger partial charge >= 0.3 is 0 Å². The van der Waals surface area contributed by atoms with Gasteiger partial charge in [-0.05, 0) is 44.0 Å². The summed E-state index contributed by atoms with van der Waals surface area (Å²) in [5.74, 6) is 0.201. The molecular weight excluding hydrogens is 250 g/mol. The summed E-state index contributed by atoms with van der Waals surface area (Å²) in [5, 5.41) is 3.33. The largest absolute Gasteiger partial charge is 0.377 e. The molecule has 0 bridgehead atoms. The van der Waals surface area contributed by atoms with Crippen LogP contribution in [0, 0.1) is 6.92 Å². The Bertz CT molecular complexity index is 485. The fourth-order valence-electron chi connectivity index (χ4n) is 2.69. The number of nitrogens with zero attached hydrogens (tertiary/aromatic N) is 2. The van der Waals surface area contributed by atoms with E-state index in [1.54, 1.807) is 0 Å². The van der Waals surface area contributed by atoms with Gasteiger partial charge in [-0.2, -0.15) is 0 Å². The first-order valence-corrected chi connectivity index (χ1v) is 7.37. The molecule has 110 valence electrons. The number of amides is 1. The summed E-state index contributed by atoms with van der Waals surface area (Å²) < 4.78 is 0. The molecule has 1 N–H and O–H groups in total. The van der Waals surface area contributed by atoms with Gasteiger partial charge in [0.15, 0.2) is 0 Å². The SMILES string of the molecule is CCCNC1CCN(c2ccc(C)c(N(C)C)c2)C1=O. The van der Waals surface area contributed by atoms with E-state index in [2.05, 4.69) is 36.2 Å². The van der Waals surface area contributed by atoms with E-state index >= 15 is 0 Å². The number of nitrogens with one attached hydrogen (secondary N) is 1. The van der Waals surface area contributed by atoms with E-state index in [0.29, 0.717) is 0 Å². The van der Waals surface area contributed by atoms with Crippen molar-refractivity contribution >= 4 is 17.3 Å². The van der Waals surface area contributed by atoms with E-state index < -0.39 is 0 Å². The molecule has 1 aliphatic rings. The Kier molecular flexibility index (Phi) is 4.65. The van der Waals surface area contributed by atoms with Gasteiger partial charge in [-0.25, -0.2) is 0 Å². The monoisotopic (exact) mass is 275 g/mol. The second-order valence-corrected chi connectivity index (χ2v) is 5.65. The Labute approximate surface area is 121 Å². The van der Waals surface area contributed by atoms with E-state index in [-0.39, 0.29) is 11.9 Å². The predicted octanol–water partition coefficient (Wildman–Crippen LogP) is 2.17. The number of carbonyl (C=O) groups excluding carboxylic acids is 1. The molecule has 1 fully saturated rings. The van der Waals surface area contributed by atoms with Crippen LogP contribution in [-0.4, -0.2) is 39.1 Å². The van der Waals surface area contributed by atoms with E-state index in [0.717, 1.165) is 31.6 Å². The summed E-state index contributed by atoms with van der Waals surface area (Å²) >= 11 is 0. The fourth-order valence-corrected chi connectivity index (χ4v) is 2.69. The molecule has 1 aromatic carbocycles. The molecule has 0 aromatic heterocycles. The average Bonchev–Trinajstić information content (AvgIpc) is 2.78. The van der Waals surface area contributed by atoms with Crippen molar-refractivity contribution in [2.75, 3.05) is 37.0 Å². The highest BCUT2D eigenvalue weighted by molar-refractivity contribution is 5.99. The van der Waals surface area contributed by atoms with Gasteiger partial charge in [0, 0.05) is 32.0 Å². The van der Waals surface area contributed by atoms with Crippen LogP contribution in [0.25, 0.3) is 0 Å². The number of hydrogen-bond donors (Lipinski definition) is 1. The number of aryl methyl sites for hydroxylation is 1. The van der Waals surface area contributed by atoms with Crippen LogP contribution in [0.3, 0.4) is 0 Å². The van der Waals surface area contributed by atoms with E-state index in [9.17, 15) is 4.79 Å². The second kappa shape index (κ2) is 6.27. The van der Waals surface area contributed by atoms with Gasteiger partial charge in [-0.1, -0.05) is 13.0 Å². The quantitative estimate of drug-likeness (QED) is 0.894. The van der Waals surface area contributed by atoms with Crippen molar-refractivity contribution in [3.63, 3.8) is 0 Å². The maximum Gasteiger partial charge on any atom is 0.244 e. The van der Waals surface area contributed by atoms with Crippen molar-refractivity contribution in [2.24, 2.45) is 0 Å². The third kappa shape index (κ3) is 2.96. The first-order valence-electron chi connectivity index (χ1n) is 7.37. The zero-order chi connectivity index (χ0) is 14.7. The lowest BCUT2D eigenvalue weighted by Gasteiger charge is -2.22. The van der Waals surface area contributed by atoms with Crippen molar-refractivity contribution in [3.8, 4) is 0 Å². The molecule has 20 heavy (non-hydrogen) atoms. The van der Waals surface area contributed by atoms with Crippen molar-refractivity contribution in [2.45, 2.75) is 32.7 Å². The molecule has 1 unspecified atom stereocenters. The number of benzene rings is 1. The van der Waals surface area contributed by atoms with Crippen molar-refractivity contribution < 1.29 is 4.79 Å². The summed E-state index contributed by atoms with van der Waals surface area (Å²) in [5.41, 5.74) is 3.40. The van der Waals surface area contributed by atoms with Gasteiger partial charge in [0.25, 0.3) is 0 Å². The van der Waals surface area contributed by atoms with Gasteiger partial charge in [0.1, 0.15) is 0 Å². The maximum absolute atomic E-state index is 12.4. The van der Waals surface area contributed by atoms with Gasteiger partial charge < -0.3 is 15.1 Å². The van der Waals surface area contributed by atoms with Crippen LogP contribution in [0.1, 0.15) is 25.3 Å². The number of hydrogen-bond acceptors (Lipinski definition) is 3. The molecule has 0 radical (unpaired) electrons. The zero-order valence-corrected chi connectivity index (χ0v) is 12.9. The molecule has 2 rings (SSSR count). The van der Waals surface area contributed by atoms with Crippen molar-refractivity contribution in [3.05, 3.63) is 23.8 Å². The van der Waals surface area contributed by atoms with E-state index in [1.807, 2.05) is 25.1 Å². The van der Waals surface area contributed by atoms with Gasteiger partial charge in [0.2, 0.25) is 5.91 Å². The standard InChI is InChI=1S/C16H25N3O/c1-5-9-17-14-8-10-19(16(14)20)13-7-6-12(2)15(11-13)18(3)4/h6-7,11,14,17H,5,8-10H2,1-4H3. The minimum atomic E-state index is -0.0148. The maximum atomic E-state index is 12.4. The van der Waals surface area contributed by atoms with E-state index in [1.165, 1.54) is 11.3 Å². The highest BCUT2D eigenvalue weighted by Gasteiger charge is 2.32. The molecule has 1 atom stereocenters. The van der Waals surface area contributed by atoms with Crippen molar-refractivity contribution in [1.29, 1.82) is 0 Å². The van der Waals surface area contributed by atoms with Crippen LogP contribution < -0.4 is 15.1 Å². The molecule has 0 aliphatic carbocycles. The lowest BCUT2D eigenvalue weighted by molar-refractivity contribution is -0.118. The summed E-state index contributed by atoms with van der Waals surface area (Å²) in [7, 11) is 4.06. The van der Waals surface area contributed by atoms with Gasteiger partial charge in [0.05, 0.1) is 6.04 Å². The number of rotatable bonds is 5. The Morgan fingerprint density at radius 1 is 1.40 bits per heavy atom. The number of carbonyl (C=O) groups is 1. The fraction of sp³-hybridized carbons (Fsp3) is 0.562. The van der Waals surface area contributed by atoms with Crippen LogP contribution >= 0.6 is 0 Å². The first kappa shape index (κ1) is 14.9. The third-order valence-electron chi connectivity index (χ3n) is 3.83. The van der Waals surface area contributed by atoms with Crippen LogP contribution in [-0.2, 0) is 4.79 Å². The highest BCUT2D eigenvalue weighted by Crippen LogP contribution is 2.28. The molecule has 1 heterocycles. The van der Waals surface area contributed by atoms with Crippen molar-refractivity contribution in [1.82, 2.24) is 5.32 Å². The summed E-state index contributed by atoms with van der Waals surface area (Å²) in [6.45, 7) is 5.92. The van der Waals surface area contributed by atoms with Crippen LogP contribution in [0.5, 0.6) is 0 Å². The summed E-state index contributed by atoms with van der Waals surface area (Å²) in [6.07, 6.45) is 1.95. The molecule has 4 nitrogen and oxygen atoms in total. The molecule has 1 aliphatic heterocycles. The minimum absolute atomic E-state index is 0.0148. The molecule has 1 aromatic rings. The molecule has 0 spiro atoms. The zero-order valence-electron chi connectivity index (χ0n) is 12.9. The molecular formula is C16H25N3O. The van der Waals surface area contributed by atoms with Gasteiger partial charge in [-0.15, -0.1) is 0 Å². The average molecular weight is 275 g/mol. The number of anilines is 2. The van der Waals surface area contributed by atoms with Gasteiger partial charge in [-0.3, -0.25) is 4.79 Å². The molecule has 1 amide bonds. The normalized spacial score (nSPS) is 18.7. The van der Waals surface area contributed by atoms with Crippen LogP contribution in [0.4, 0.5) is 11.4 Å². The second-order valence-electron chi connectivity index (χ2n) is 5.65. The topological polar surface area (TPSA) is 35.6 Å². The Balaban J connectivity index is 2.16. The van der Waals surface area contributed by atoms with Crippen LogP contribution in [0.15, 0.2) is 18.2 Å². The minimum Gasteiger partial charge on any atom is -0.377 e. The third-order valence-corrected chi connectivity index (χ3v) is 3.83. The van der Waals surface area contributed by atoms with Crippen LogP contribution in [0.2, 0.25) is 0 Å². The summed E-state index contributed by atoms with van der Waals surface area (Å²) in [4.78, 5) is 16.4. The molecule has 1 saturated heterocycles. The smallest absolute Gasteiger partial charge is 0.244 e. The first-order chi connectivity index (χ1) is 9.54. The predicted molar refractivity (Wildman–Crippen MR) is 84.6 cm³/mol. The lowest BCUT2D eigenvalue weighted by Crippen LogP contribution is -2.38. The lowest BCUT2D eigenvalue weighted by atomic mass is 10.1. The summed E-state index contributed by atoms with van der Waals surface area (Å²) in [6, 6.07) is 6.22. The highest BCUT2D eigenvalue weighted by atomic mass is 16.2. The Morgan fingerprint density at radius 3 is 2.80 bits per heavy atom. The Hall–Kier alpha value is -1.55.